The van der Waals surface area contributed by atoms with Crippen molar-refractivity contribution < 1.29 is 9.47 Å². The first-order chi connectivity index (χ1) is 12.6. The van der Waals surface area contributed by atoms with Gasteiger partial charge in [-0.2, -0.15) is 0 Å². The Hall–Kier alpha value is -1.90. The van der Waals surface area contributed by atoms with Gasteiger partial charge in [0, 0.05) is 51.6 Å². The number of aliphatic imine (C=N–C) groups is 1. The fraction of sp³-hybridized carbons (Fsp3) is 0.450. The molecule has 0 aliphatic carbocycles. The first-order valence-corrected chi connectivity index (χ1v) is 9.00. The van der Waals surface area contributed by atoms with Crippen molar-refractivity contribution in [3.05, 3.63) is 48.3 Å². The van der Waals surface area contributed by atoms with E-state index in [0.29, 0.717) is 13.2 Å². The van der Waals surface area contributed by atoms with E-state index >= 15 is 0 Å². The van der Waals surface area contributed by atoms with Crippen molar-refractivity contribution >= 4 is 29.9 Å². The molecule has 0 fully saturated rings. The second-order valence-corrected chi connectivity index (χ2v) is 6.08. The van der Waals surface area contributed by atoms with Gasteiger partial charge in [0.1, 0.15) is 11.5 Å². The quantitative estimate of drug-likeness (QED) is 0.255. The summed E-state index contributed by atoms with van der Waals surface area (Å²) in [6.45, 7) is 5.07. The van der Waals surface area contributed by atoms with Gasteiger partial charge >= 0.3 is 0 Å². The van der Waals surface area contributed by atoms with Gasteiger partial charge in [0.2, 0.25) is 0 Å². The number of guanidine groups is 1. The molecule has 0 atom stereocenters. The minimum Gasteiger partial charge on any atom is -0.497 e. The highest BCUT2D eigenvalue weighted by atomic mass is 127. The number of nitrogens with zero attached hydrogens (tertiary/aromatic N) is 3. The van der Waals surface area contributed by atoms with E-state index in [-0.39, 0.29) is 24.0 Å². The predicted octanol–water partition coefficient (Wildman–Crippen LogP) is 3.52. The zero-order valence-electron chi connectivity index (χ0n) is 16.6. The van der Waals surface area contributed by atoms with E-state index in [0.717, 1.165) is 37.0 Å². The molecule has 1 heterocycles. The van der Waals surface area contributed by atoms with Gasteiger partial charge < -0.3 is 24.3 Å². The maximum atomic E-state index is 5.77. The Morgan fingerprint density at radius 2 is 2.00 bits per heavy atom. The zero-order valence-corrected chi connectivity index (χ0v) is 19.0. The maximum absolute atomic E-state index is 5.77. The van der Waals surface area contributed by atoms with E-state index in [1.165, 1.54) is 5.69 Å². The standard InChI is InChI=1S/C20H30N4O2.HI/c1-5-21-20(24(3)16-17-9-7-13-23(17)2)22-12-8-14-26-19-11-6-10-18(15-19)25-4;/h6-7,9-11,13,15H,5,8,12,14,16H2,1-4H3,(H,21,22);1H. The minimum atomic E-state index is 0. The number of aromatic nitrogens is 1. The number of halogens is 1. The third-order valence-electron chi connectivity index (χ3n) is 4.02. The summed E-state index contributed by atoms with van der Waals surface area (Å²) < 4.78 is 13.1. The maximum Gasteiger partial charge on any atom is 0.194 e. The van der Waals surface area contributed by atoms with Crippen molar-refractivity contribution in [2.45, 2.75) is 19.9 Å². The van der Waals surface area contributed by atoms with E-state index in [1.807, 2.05) is 24.3 Å². The van der Waals surface area contributed by atoms with Gasteiger partial charge in [-0.3, -0.25) is 4.99 Å². The van der Waals surface area contributed by atoms with E-state index in [9.17, 15) is 0 Å². The summed E-state index contributed by atoms with van der Waals surface area (Å²) in [7, 11) is 5.77. The van der Waals surface area contributed by atoms with Gasteiger partial charge in [-0.15, -0.1) is 24.0 Å². The topological polar surface area (TPSA) is 51.0 Å². The number of rotatable bonds is 9. The van der Waals surface area contributed by atoms with Crippen LogP contribution in [0.4, 0.5) is 0 Å². The average Bonchev–Trinajstić information content (AvgIpc) is 3.05. The summed E-state index contributed by atoms with van der Waals surface area (Å²) in [5, 5.41) is 3.35. The van der Waals surface area contributed by atoms with E-state index in [2.05, 4.69) is 54.1 Å². The van der Waals surface area contributed by atoms with E-state index in [1.54, 1.807) is 7.11 Å². The molecule has 2 aromatic rings. The third-order valence-corrected chi connectivity index (χ3v) is 4.02. The second kappa shape index (κ2) is 12.5. The first kappa shape index (κ1) is 23.1. The smallest absolute Gasteiger partial charge is 0.194 e. The molecule has 2 rings (SSSR count). The molecule has 0 aliphatic heterocycles. The van der Waals surface area contributed by atoms with Gasteiger partial charge in [0.05, 0.1) is 20.3 Å². The number of benzene rings is 1. The molecule has 6 nitrogen and oxygen atoms in total. The number of nitrogens with one attached hydrogen (secondary N) is 1. The number of aryl methyl sites for hydroxylation is 1. The highest BCUT2D eigenvalue weighted by Crippen LogP contribution is 2.18. The lowest BCUT2D eigenvalue weighted by atomic mass is 10.3. The molecular weight excluding hydrogens is 455 g/mol. The van der Waals surface area contributed by atoms with Crippen LogP contribution in [-0.2, 0) is 13.6 Å². The Morgan fingerprint density at radius 1 is 1.22 bits per heavy atom. The number of ether oxygens (including phenoxy) is 2. The van der Waals surface area contributed by atoms with Crippen LogP contribution in [0, 0.1) is 0 Å². The van der Waals surface area contributed by atoms with Crippen LogP contribution < -0.4 is 14.8 Å². The van der Waals surface area contributed by atoms with Crippen molar-refractivity contribution in [1.82, 2.24) is 14.8 Å². The minimum absolute atomic E-state index is 0. The van der Waals surface area contributed by atoms with Crippen molar-refractivity contribution in [2.75, 3.05) is 33.9 Å². The molecule has 0 saturated carbocycles. The fourth-order valence-electron chi connectivity index (χ4n) is 2.58. The molecule has 27 heavy (non-hydrogen) atoms. The lowest BCUT2D eigenvalue weighted by Crippen LogP contribution is -2.39. The second-order valence-electron chi connectivity index (χ2n) is 6.08. The van der Waals surface area contributed by atoms with E-state index < -0.39 is 0 Å². The van der Waals surface area contributed by atoms with Gasteiger partial charge in [-0.25, -0.2) is 0 Å². The summed E-state index contributed by atoms with van der Waals surface area (Å²) >= 11 is 0. The Labute approximate surface area is 179 Å². The molecule has 1 N–H and O–H groups in total. The fourth-order valence-corrected chi connectivity index (χ4v) is 2.58. The summed E-state index contributed by atoms with van der Waals surface area (Å²) in [6.07, 6.45) is 2.91. The molecule has 0 unspecified atom stereocenters. The molecular formula is C20H31IN4O2. The molecule has 0 saturated heterocycles. The molecule has 150 valence electrons. The largest absolute Gasteiger partial charge is 0.497 e. The normalized spacial score (nSPS) is 10.9. The van der Waals surface area contributed by atoms with Crippen LogP contribution in [0.25, 0.3) is 0 Å². The van der Waals surface area contributed by atoms with Crippen LogP contribution in [0.3, 0.4) is 0 Å². The number of hydrogen-bond acceptors (Lipinski definition) is 3. The predicted molar refractivity (Wildman–Crippen MR) is 121 cm³/mol. The van der Waals surface area contributed by atoms with Gasteiger partial charge in [-0.1, -0.05) is 6.07 Å². The van der Waals surface area contributed by atoms with Gasteiger partial charge in [0.25, 0.3) is 0 Å². The lowest BCUT2D eigenvalue weighted by molar-refractivity contribution is 0.310. The van der Waals surface area contributed by atoms with Crippen molar-refractivity contribution in [3.8, 4) is 11.5 Å². The van der Waals surface area contributed by atoms with Crippen LogP contribution in [0.5, 0.6) is 11.5 Å². The third kappa shape index (κ3) is 7.70. The number of hydrogen-bond donors (Lipinski definition) is 1. The molecule has 7 heteroatoms. The van der Waals surface area contributed by atoms with Crippen LogP contribution in [0.15, 0.2) is 47.6 Å². The Balaban J connectivity index is 0.00000364. The molecule has 0 radical (unpaired) electrons. The Morgan fingerprint density at radius 3 is 2.67 bits per heavy atom. The molecule has 0 bridgehead atoms. The molecule has 0 aliphatic rings. The van der Waals surface area contributed by atoms with Crippen molar-refractivity contribution in [2.24, 2.45) is 12.0 Å². The van der Waals surface area contributed by atoms with Crippen LogP contribution >= 0.6 is 24.0 Å². The van der Waals surface area contributed by atoms with Crippen molar-refractivity contribution in [3.63, 3.8) is 0 Å². The van der Waals surface area contributed by atoms with Crippen LogP contribution in [0.1, 0.15) is 19.0 Å². The average molecular weight is 486 g/mol. The Bertz CT molecular complexity index is 703. The Kier molecular flexibility index (Phi) is 10.7. The van der Waals surface area contributed by atoms with Crippen LogP contribution in [0.2, 0.25) is 0 Å². The summed E-state index contributed by atoms with van der Waals surface area (Å²) in [6, 6.07) is 11.8. The molecule has 0 amide bonds. The first-order valence-electron chi connectivity index (χ1n) is 9.00. The summed E-state index contributed by atoms with van der Waals surface area (Å²) in [5.74, 6) is 2.54. The molecule has 0 spiro atoms. The summed E-state index contributed by atoms with van der Waals surface area (Å²) in [4.78, 5) is 6.85. The molecule has 1 aromatic heterocycles. The number of methoxy groups -OCH3 is 1. The van der Waals surface area contributed by atoms with Crippen LogP contribution in [-0.4, -0.2) is 49.3 Å². The SMILES string of the molecule is CCNC(=NCCCOc1cccc(OC)c1)N(C)Cc1cccn1C.I. The zero-order chi connectivity index (χ0) is 18.8. The van der Waals surface area contributed by atoms with Gasteiger partial charge in [-0.05, 0) is 31.2 Å². The summed E-state index contributed by atoms with van der Waals surface area (Å²) in [5.41, 5.74) is 1.25. The highest BCUT2D eigenvalue weighted by molar-refractivity contribution is 14.0. The highest BCUT2D eigenvalue weighted by Gasteiger charge is 2.08. The van der Waals surface area contributed by atoms with E-state index in [4.69, 9.17) is 14.5 Å². The lowest BCUT2D eigenvalue weighted by Gasteiger charge is -2.22. The van der Waals surface area contributed by atoms with Gasteiger partial charge in [0.15, 0.2) is 5.96 Å². The molecule has 1 aromatic carbocycles. The monoisotopic (exact) mass is 486 g/mol. The van der Waals surface area contributed by atoms with Crippen molar-refractivity contribution in [1.29, 1.82) is 0 Å².